The molecule has 0 bridgehead atoms. The van der Waals surface area contributed by atoms with Crippen LogP contribution in [0.25, 0.3) is 0 Å². The zero-order valence-electron chi connectivity index (χ0n) is 6.04. The monoisotopic (exact) mass is 165 g/mol. The van der Waals surface area contributed by atoms with Crippen molar-refractivity contribution in [2.45, 2.75) is 19.0 Å². The molecule has 64 valence electrons. The average Bonchev–Trinajstić information content (AvgIpc) is 1.49. The summed E-state index contributed by atoms with van der Waals surface area (Å²) in [6.07, 6.45) is -2.87. The van der Waals surface area contributed by atoms with E-state index in [1.807, 2.05) is 0 Å². The molecule has 1 atom stereocenters. The molecule has 0 aromatic rings. The topological polar surface area (TPSA) is 12.0 Å². The Balaban J connectivity index is 2.06. The first-order valence-electron chi connectivity index (χ1n) is 3.82. The molecule has 1 saturated heterocycles. The molecule has 0 radical (unpaired) electrons. The molecular formula is C7H10F3N. The molecule has 4 heteroatoms. The van der Waals surface area contributed by atoms with Crippen LogP contribution in [0.1, 0.15) is 12.8 Å². The summed E-state index contributed by atoms with van der Waals surface area (Å²) in [6.45, 7) is 1.13. The molecule has 0 aromatic heterocycles. The van der Waals surface area contributed by atoms with E-state index >= 15 is 0 Å². The lowest BCUT2D eigenvalue weighted by Gasteiger charge is -2.56. The lowest BCUT2D eigenvalue weighted by molar-refractivity contribution is -0.250. The zero-order valence-corrected chi connectivity index (χ0v) is 6.04. The highest BCUT2D eigenvalue weighted by molar-refractivity contribution is 5.06. The molecule has 1 saturated carbocycles. The molecule has 0 amide bonds. The molecule has 11 heavy (non-hydrogen) atoms. The molecule has 1 aliphatic heterocycles. The Hall–Kier alpha value is -0.250. The van der Waals surface area contributed by atoms with Gasteiger partial charge in [0.2, 0.25) is 0 Å². The van der Waals surface area contributed by atoms with Gasteiger partial charge < -0.3 is 5.32 Å². The van der Waals surface area contributed by atoms with Crippen molar-refractivity contribution < 1.29 is 13.2 Å². The van der Waals surface area contributed by atoms with Gasteiger partial charge in [-0.2, -0.15) is 13.2 Å². The van der Waals surface area contributed by atoms with Gasteiger partial charge in [-0.1, -0.05) is 0 Å². The van der Waals surface area contributed by atoms with Crippen LogP contribution in [0.4, 0.5) is 13.2 Å². The zero-order chi connectivity index (χ0) is 8.11. The van der Waals surface area contributed by atoms with E-state index in [4.69, 9.17) is 0 Å². The maximum absolute atomic E-state index is 12.2. The number of hydrogen-bond donors (Lipinski definition) is 1. The Bertz CT molecular complexity index is 166. The minimum Gasteiger partial charge on any atom is -0.315 e. The third kappa shape index (κ3) is 0.883. The average molecular weight is 165 g/mol. The van der Waals surface area contributed by atoms with Crippen molar-refractivity contribution >= 4 is 0 Å². The van der Waals surface area contributed by atoms with Crippen LogP contribution in [-0.2, 0) is 0 Å². The molecule has 1 aliphatic carbocycles. The number of alkyl halides is 3. The Morgan fingerprint density at radius 1 is 1.27 bits per heavy atom. The van der Waals surface area contributed by atoms with E-state index in [-0.39, 0.29) is 0 Å². The molecule has 0 aromatic carbocycles. The number of hydrogen-bond acceptors (Lipinski definition) is 1. The van der Waals surface area contributed by atoms with Crippen molar-refractivity contribution in [1.29, 1.82) is 0 Å². The summed E-state index contributed by atoms with van der Waals surface area (Å²) >= 11 is 0. The van der Waals surface area contributed by atoms with Gasteiger partial charge in [0.05, 0.1) is 5.92 Å². The summed E-state index contributed by atoms with van der Waals surface area (Å²) in [7, 11) is 0. The first-order valence-corrected chi connectivity index (χ1v) is 3.82. The van der Waals surface area contributed by atoms with E-state index in [1.54, 1.807) is 0 Å². The fraction of sp³-hybridized carbons (Fsp3) is 1.00. The fourth-order valence-electron chi connectivity index (χ4n) is 2.08. The predicted octanol–water partition coefficient (Wildman–Crippen LogP) is 1.55. The van der Waals surface area contributed by atoms with Gasteiger partial charge in [-0.15, -0.1) is 0 Å². The summed E-state index contributed by atoms with van der Waals surface area (Å²) in [6, 6.07) is 0. The van der Waals surface area contributed by atoms with Crippen LogP contribution in [0.5, 0.6) is 0 Å². The molecule has 2 fully saturated rings. The lowest BCUT2D eigenvalue weighted by atomic mass is 9.56. The largest absolute Gasteiger partial charge is 0.392 e. The Morgan fingerprint density at radius 3 is 2.00 bits per heavy atom. The number of halogens is 3. The standard InChI is InChI=1S/C7H10F3N/c8-7(9,10)5-1-2-6(5)3-11-4-6/h5,11H,1-4H2/t5-/m1/s1. The van der Waals surface area contributed by atoms with Gasteiger partial charge in [-0.05, 0) is 12.8 Å². The summed E-state index contributed by atoms with van der Waals surface area (Å²) in [5.74, 6) is -1.02. The molecule has 1 heterocycles. The highest BCUT2D eigenvalue weighted by Crippen LogP contribution is 2.56. The van der Waals surface area contributed by atoms with Crippen LogP contribution in [0.15, 0.2) is 0 Å². The van der Waals surface area contributed by atoms with Gasteiger partial charge in [0.1, 0.15) is 0 Å². The van der Waals surface area contributed by atoms with Crippen LogP contribution in [-0.4, -0.2) is 19.3 Å². The van der Waals surface area contributed by atoms with Gasteiger partial charge in [0.15, 0.2) is 0 Å². The second-order valence-corrected chi connectivity index (χ2v) is 3.60. The maximum atomic E-state index is 12.2. The van der Waals surface area contributed by atoms with Gasteiger partial charge in [-0.25, -0.2) is 0 Å². The van der Waals surface area contributed by atoms with Crippen molar-refractivity contribution in [2.24, 2.45) is 11.3 Å². The quantitative estimate of drug-likeness (QED) is 0.574. The van der Waals surface area contributed by atoms with E-state index < -0.39 is 17.5 Å². The van der Waals surface area contributed by atoms with Gasteiger partial charge in [0.25, 0.3) is 0 Å². The van der Waals surface area contributed by atoms with E-state index in [9.17, 15) is 13.2 Å². The van der Waals surface area contributed by atoms with Crippen LogP contribution < -0.4 is 5.32 Å². The SMILES string of the molecule is FC(F)(F)[C@@H]1CCC12CNC2. The van der Waals surface area contributed by atoms with E-state index in [0.717, 1.165) is 6.42 Å². The van der Waals surface area contributed by atoms with E-state index in [0.29, 0.717) is 19.5 Å². The third-order valence-corrected chi connectivity index (χ3v) is 3.02. The molecule has 2 rings (SSSR count). The minimum absolute atomic E-state index is 0.338. The molecule has 1 N–H and O–H groups in total. The normalized spacial score (nSPS) is 34.6. The minimum atomic E-state index is -3.96. The molecule has 1 nitrogen and oxygen atoms in total. The molecule has 1 spiro atoms. The summed E-state index contributed by atoms with van der Waals surface area (Å²) in [5, 5.41) is 2.91. The van der Waals surface area contributed by atoms with E-state index in [1.165, 1.54) is 0 Å². The van der Waals surface area contributed by atoms with Crippen molar-refractivity contribution in [3.8, 4) is 0 Å². The third-order valence-electron chi connectivity index (χ3n) is 3.02. The highest BCUT2D eigenvalue weighted by Gasteiger charge is 2.61. The van der Waals surface area contributed by atoms with Crippen molar-refractivity contribution in [3.63, 3.8) is 0 Å². The lowest BCUT2D eigenvalue weighted by Crippen LogP contribution is -2.65. The predicted molar refractivity (Wildman–Crippen MR) is 34.1 cm³/mol. The van der Waals surface area contributed by atoms with Crippen LogP contribution in [0.2, 0.25) is 0 Å². The van der Waals surface area contributed by atoms with Crippen LogP contribution in [0.3, 0.4) is 0 Å². The van der Waals surface area contributed by atoms with Crippen molar-refractivity contribution in [2.75, 3.05) is 13.1 Å². The maximum Gasteiger partial charge on any atom is 0.392 e. The number of nitrogens with one attached hydrogen (secondary N) is 1. The van der Waals surface area contributed by atoms with Crippen LogP contribution in [0, 0.1) is 11.3 Å². The smallest absolute Gasteiger partial charge is 0.315 e. The van der Waals surface area contributed by atoms with Crippen LogP contribution >= 0.6 is 0 Å². The number of rotatable bonds is 0. The first-order chi connectivity index (χ1) is 5.05. The highest BCUT2D eigenvalue weighted by atomic mass is 19.4. The van der Waals surface area contributed by atoms with Crippen molar-refractivity contribution in [3.05, 3.63) is 0 Å². The Labute approximate surface area is 63.0 Å². The van der Waals surface area contributed by atoms with E-state index in [2.05, 4.69) is 5.32 Å². The first kappa shape index (κ1) is 7.40. The molecule has 2 aliphatic rings. The summed E-state index contributed by atoms with van der Waals surface area (Å²) in [5.41, 5.74) is -0.391. The Kier molecular flexibility index (Phi) is 1.29. The van der Waals surface area contributed by atoms with Gasteiger partial charge >= 0.3 is 6.18 Å². The second kappa shape index (κ2) is 1.91. The Morgan fingerprint density at radius 2 is 1.91 bits per heavy atom. The summed E-state index contributed by atoms with van der Waals surface area (Å²) < 4.78 is 36.6. The second-order valence-electron chi connectivity index (χ2n) is 3.60. The molecular weight excluding hydrogens is 155 g/mol. The van der Waals surface area contributed by atoms with Gasteiger partial charge in [0, 0.05) is 18.5 Å². The fourth-order valence-corrected chi connectivity index (χ4v) is 2.08. The summed E-state index contributed by atoms with van der Waals surface area (Å²) in [4.78, 5) is 0. The molecule has 0 unspecified atom stereocenters. The van der Waals surface area contributed by atoms with Gasteiger partial charge in [-0.3, -0.25) is 0 Å². The van der Waals surface area contributed by atoms with Crippen molar-refractivity contribution in [1.82, 2.24) is 5.32 Å².